The molecule has 1 N–H and O–H groups in total. The normalized spacial score (nSPS) is 32.5. The molecule has 0 heterocycles. The van der Waals surface area contributed by atoms with Crippen molar-refractivity contribution in [3.05, 3.63) is 0 Å². The summed E-state index contributed by atoms with van der Waals surface area (Å²) in [7, 11) is 0. The highest BCUT2D eigenvalue weighted by molar-refractivity contribution is 4.88. The Morgan fingerprint density at radius 1 is 1.00 bits per heavy atom. The third-order valence-corrected chi connectivity index (χ3v) is 5.54. The number of unbranched alkanes of at least 4 members (excludes halogenated alkanes) is 1. The summed E-state index contributed by atoms with van der Waals surface area (Å²) in [5.74, 6) is 2.90. The molecule has 2 aliphatic carbocycles. The summed E-state index contributed by atoms with van der Waals surface area (Å²) in [6.07, 6.45) is 11.5. The predicted octanol–water partition coefficient (Wildman–Crippen LogP) is 5.01. The lowest BCUT2D eigenvalue weighted by Gasteiger charge is -2.42. The van der Waals surface area contributed by atoms with Crippen molar-refractivity contribution in [2.45, 2.75) is 85.1 Å². The van der Waals surface area contributed by atoms with Crippen molar-refractivity contribution in [2.75, 3.05) is 6.54 Å². The van der Waals surface area contributed by atoms with Gasteiger partial charge in [0.1, 0.15) is 0 Å². The van der Waals surface area contributed by atoms with E-state index in [0.29, 0.717) is 5.41 Å². The molecule has 3 atom stereocenters. The minimum absolute atomic E-state index is 0.513. The van der Waals surface area contributed by atoms with Gasteiger partial charge < -0.3 is 5.32 Å². The van der Waals surface area contributed by atoms with Gasteiger partial charge in [-0.3, -0.25) is 0 Å². The summed E-state index contributed by atoms with van der Waals surface area (Å²) < 4.78 is 0. The van der Waals surface area contributed by atoms with E-state index in [4.69, 9.17) is 0 Å². The van der Waals surface area contributed by atoms with Gasteiger partial charge in [-0.25, -0.2) is 0 Å². The molecule has 2 rings (SSSR count). The highest BCUT2D eigenvalue weighted by Crippen LogP contribution is 2.44. The maximum absolute atomic E-state index is 3.79. The highest BCUT2D eigenvalue weighted by atomic mass is 14.9. The molecule has 1 nitrogen and oxygen atoms in total. The fourth-order valence-corrected chi connectivity index (χ4v) is 3.81. The molecule has 0 aromatic heterocycles. The molecule has 0 aromatic carbocycles. The van der Waals surface area contributed by atoms with Crippen LogP contribution in [-0.4, -0.2) is 12.6 Å². The van der Waals surface area contributed by atoms with E-state index in [-0.39, 0.29) is 0 Å². The van der Waals surface area contributed by atoms with Crippen LogP contribution in [0.2, 0.25) is 0 Å². The summed E-state index contributed by atoms with van der Waals surface area (Å²) in [6, 6.07) is 0.882. The number of nitrogens with one attached hydrogen (secondary N) is 1. The average molecular weight is 265 g/mol. The second-order valence-corrected chi connectivity index (χ2v) is 8.22. The van der Waals surface area contributed by atoms with Crippen molar-refractivity contribution in [1.82, 2.24) is 5.32 Å². The van der Waals surface area contributed by atoms with Gasteiger partial charge in [0.15, 0.2) is 0 Å². The lowest BCUT2D eigenvalue weighted by Crippen LogP contribution is -2.37. The van der Waals surface area contributed by atoms with Crippen LogP contribution < -0.4 is 5.32 Å². The second-order valence-electron chi connectivity index (χ2n) is 8.22. The summed E-state index contributed by atoms with van der Waals surface area (Å²) >= 11 is 0. The molecule has 0 spiro atoms. The number of hydrogen-bond acceptors (Lipinski definition) is 1. The van der Waals surface area contributed by atoms with E-state index in [1.165, 1.54) is 57.9 Å². The minimum Gasteiger partial charge on any atom is -0.314 e. The Balaban J connectivity index is 1.86. The highest BCUT2D eigenvalue weighted by Gasteiger charge is 2.35. The van der Waals surface area contributed by atoms with Crippen LogP contribution in [0, 0.1) is 23.2 Å². The first-order valence-corrected chi connectivity index (χ1v) is 8.74. The van der Waals surface area contributed by atoms with E-state index in [1.807, 2.05) is 0 Å². The predicted molar refractivity (Wildman–Crippen MR) is 84.3 cm³/mol. The van der Waals surface area contributed by atoms with Crippen molar-refractivity contribution in [2.24, 2.45) is 23.2 Å². The molecular weight excluding hydrogens is 230 g/mol. The van der Waals surface area contributed by atoms with Crippen LogP contribution in [-0.2, 0) is 0 Å². The molecule has 0 aromatic rings. The third-order valence-electron chi connectivity index (χ3n) is 5.54. The van der Waals surface area contributed by atoms with Crippen molar-refractivity contribution < 1.29 is 0 Å². The Morgan fingerprint density at radius 3 is 2.32 bits per heavy atom. The van der Waals surface area contributed by atoms with E-state index in [9.17, 15) is 0 Å². The topological polar surface area (TPSA) is 12.0 Å². The Bertz CT molecular complexity index is 261. The van der Waals surface area contributed by atoms with Gasteiger partial charge in [0.05, 0.1) is 0 Å². The van der Waals surface area contributed by atoms with Crippen LogP contribution in [0.5, 0.6) is 0 Å². The summed E-state index contributed by atoms with van der Waals surface area (Å²) in [5, 5.41) is 3.79. The van der Waals surface area contributed by atoms with Gasteiger partial charge in [-0.15, -0.1) is 0 Å². The molecule has 2 fully saturated rings. The fraction of sp³-hybridized carbons (Fsp3) is 1.00. The summed E-state index contributed by atoms with van der Waals surface area (Å²) in [5.41, 5.74) is 0.513. The summed E-state index contributed by atoms with van der Waals surface area (Å²) in [4.78, 5) is 0. The Hall–Kier alpha value is -0.0400. The van der Waals surface area contributed by atoms with E-state index in [0.717, 1.165) is 23.8 Å². The minimum atomic E-state index is 0.513. The smallest absolute Gasteiger partial charge is 0.00683 e. The molecular formula is C18H35N. The lowest BCUT2D eigenvalue weighted by molar-refractivity contribution is 0.0911. The van der Waals surface area contributed by atoms with Gasteiger partial charge in [0, 0.05) is 6.04 Å². The molecule has 0 bridgehead atoms. The molecule has 0 aliphatic heterocycles. The molecule has 2 saturated carbocycles. The summed E-state index contributed by atoms with van der Waals surface area (Å²) in [6.45, 7) is 11.0. The number of hydrogen-bond donors (Lipinski definition) is 1. The van der Waals surface area contributed by atoms with Crippen LogP contribution >= 0.6 is 0 Å². The first-order chi connectivity index (χ1) is 9.00. The number of rotatable bonds is 6. The van der Waals surface area contributed by atoms with Crippen LogP contribution in [0.4, 0.5) is 0 Å². The average Bonchev–Trinajstić information content (AvgIpc) is 3.17. The standard InChI is InChI=1S/C18H35N/c1-5-6-7-14-12-16(18(2,3)4)9-8-15(14)13-19-17-10-11-17/h14-17,19H,5-13H2,1-4H3. The first kappa shape index (κ1) is 15.4. The van der Waals surface area contributed by atoms with E-state index in [2.05, 4.69) is 33.0 Å². The van der Waals surface area contributed by atoms with E-state index < -0.39 is 0 Å². The Labute approximate surface area is 120 Å². The van der Waals surface area contributed by atoms with Crippen LogP contribution in [0.15, 0.2) is 0 Å². The van der Waals surface area contributed by atoms with Crippen LogP contribution in [0.1, 0.15) is 79.1 Å². The molecule has 2 aliphatic rings. The molecule has 0 radical (unpaired) electrons. The van der Waals surface area contributed by atoms with E-state index in [1.54, 1.807) is 0 Å². The van der Waals surface area contributed by atoms with Crippen molar-refractivity contribution in [3.63, 3.8) is 0 Å². The Kier molecular flexibility index (Phi) is 5.34. The zero-order valence-electron chi connectivity index (χ0n) is 13.7. The molecule has 0 saturated heterocycles. The van der Waals surface area contributed by atoms with Crippen LogP contribution in [0.3, 0.4) is 0 Å². The van der Waals surface area contributed by atoms with Gasteiger partial charge in [-0.1, -0.05) is 47.0 Å². The van der Waals surface area contributed by atoms with Gasteiger partial charge in [0.2, 0.25) is 0 Å². The third kappa shape index (κ3) is 4.77. The van der Waals surface area contributed by atoms with Crippen molar-refractivity contribution >= 4 is 0 Å². The van der Waals surface area contributed by atoms with Crippen molar-refractivity contribution in [1.29, 1.82) is 0 Å². The molecule has 112 valence electrons. The van der Waals surface area contributed by atoms with Crippen molar-refractivity contribution in [3.8, 4) is 0 Å². The van der Waals surface area contributed by atoms with Gasteiger partial charge >= 0.3 is 0 Å². The van der Waals surface area contributed by atoms with Gasteiger partial charge in [0.25, 0.3) is 0 Å². The zero-order valence-corrected chi connectivity index (χ0v) is 13.7. The molecule has 3 unspecified atom stereocenters. The SMILES string of the molecule is CCCCC1CC(C(C)(C)C)CCC1CNC1CC1. The maximum Gasteiger partial charge on any atom is 0.00683 e. The molecule has 0 amide bonds. The van der Waals surface area contributed by atoms with Crippen LogP contribution in [0.25, 0.3) is 0 Å². The monoisotopic (exact) mass is 265 g/mol. The largest absolute Gasteiger partial charge is 0.314 e. The fourth-order valence-electron chi connectivity index (χ4n) is 3.81. The first-order valence-electron chi connectivity index (χ1n) is 8.74. The maximum atomic E-state index is 3.79. The lowest BCUT2D eigenvalue weighted by atomic mass is 9.64. The zero-order chi connectivity index (χ0) is 13.9. The quantitative estimate of drug-likeness (QED) is 0.712. The Morgan fingerprint density at radius 2 is 1.74 bits per heavy atom. The van der Waals surface area contributed by atoms with Gasteiger partial charge in [-0.05, 0) is 61.8 Å². The van der Waals surface area contributed by atoms with Gasteiger partial charge in [-0.2, -0.15) is 0 Å². The second kappa shape index (κ2) is 6.61. The molecule has 1 heteroatoms. The van der Waals surface area contributed by atoms with E-state index >= 15 is 0 Å². The molecule has 19 heavy (non-hydrogen) atoms.